The van der Waals surface area contributed by atoms with Gasteiger partial charge in [-0.3, -0.25) is 14.4 Å². The lowest BCUT2D eigenvalue weighted by Crippen LogP contribution is -2.50. The van der Waals surface area contributed by atoms with Crippen LogP contribution in [0.25, 0.3) is 0 Å². The summed E-state index contributed by atoms with van der Waals surface area (Å²) >= 11 is 0. The van der Waals surface area contributed by atoms with E-state index < -0.39 is 0 Å². The van der Waals surface area contributed by atoms with E-state index in [2.05, 4.69) is 36.1 Å². The van der Waals surface area contributed by atoms with Gasteiger partial charge < -0.3 is 5.32 Å². The number of likely N-dealkylation sites (tertiary alicyclic amines) is 1. The summed E-state index contributed by atoms with van der Waals surface area (Å²) in [6.45, 7) is 10.2. The molecule has 20 heavy (non-hydrogen) atoms. The lowest BCUT2D eigenvalue weighted by Gasteiger charge is -2.35. The Morgan fingerprint density at radius 1 is 1.40 bits per heavy atom. The van der Waals surface area contributed by atoms with E-state index in [4.69, 9.17) is 0 Å². The highest BCUT2D eigenvalue weighted by molar-refractivity contribution is 5.92. The smallest absolute Gasteiger partial charge is 0.269 e. The van der Waals surface area contributed by atoms with Gasteiger partial charge in [-0.2, -0.15) is 5.10 Å². The van der Waals surface area contributed by atoms with E-state index in [1.165, 1.54) is 12.8 Å². The number of rotatable bonds is 6. The summed E-state index contributed by atoms with van der Waals surface area (Å²) in [4.78, 5) is 14.7. The third-order valence-electron chi connectivity index (χ3n) is 4.03. The Morgan fingerprint density at radius 3 is 2.75 bits per heavy atom. The Morgan fingerprint density at radius 2 is 2.10 bits per heavy atom. The monoisotopic (exact) mass is 278 g/mol. The van der Waals surface area contributed by atoms with Gasteiger partial charge in [-0.1, -0.05) is 6.92 Å². The molecule has 1 N–H and O–H groups in total. The molecule has 0 radical (unpaired) electrons. The number of amides is 1. The summed E-state index contributed by atoms with van der Waals surface area (Å²) in [5.74, 6) is -0.0248. The lowest BCUT2D eigenvalue weighted by molar-refractivity contribution is 0.0891. The molecule has 1 aliphatic heterocycles. The molecule has 0 saturated carbocycles. The summed E-state index contributed by atoms with van der Waals surface area (Å²) in [5.41, 5.74) is 0.672. The van der Waals surface area contributed by atoms with Crippen LogP contribution in [0.3, 0.4) is 0 Å². The Hall–Kier alpha value is -1.36. The molecule has 0 atom stereocenters. The maximum absolute atomic E-state index is 12.3. The molecule has 1 aromatic heterocycles. The largest absolute Gasteiger partial charge is 0.349 e. The Labute approximate surface area is 121 Å². The molecule has 0 bridgehead atoms. The van der Waals surface area contributed by atoms with Crippen molar-refractivity contribution in [2.45, 2.75) is 52.1 Å². The maximum atomic E-state index is 12.3. The second-order valence-electron chi connectivity index (χ2n) is 6.13. The van der Waals surface area contributed by atoms with Gasteiger partial charge in [0.1, 0.15) is 5.69 Å². The molecule has 0 spiro atoms. The third kappa shape index (κ3) is 3.39. The normalized spacial score (nSPS) is 16.6. The van der Waals surface area contributed by atoms with Crippen LogP contribution < -0.4 is 5.32 Å². The van der Waals surface area contributed by atoms with Gasteiger partial charge in [0.15, 0.2) is 0 Å². The summed E-state index contributed by atoms with van der Waals surface area (Å²) in [7, 11) is 0. The molecule has 0 aliphatic carbocycles. The maximum Gasteiger partial charge on any atom is 0.269 e. The Balaban J connectivity index is 1.92. The zero-order valence-electron chi connectivity index (χ0n) is 12.9. The van der Waals surface area contributed by atoms with Crippen molar-refractivity contribution >= 4 is 5.91 Å². The van der Waals surface area contributed by atoms with E-state index in [0.29, 0.717) is 12.2 Å². The molecule has 112 valence electrons. The lowest BCUT2D eigenvalue weighted by atomic mass is 10.0. The van der Waals surface area contributed by atoms with Crippen LogP contribution in [-0.2, 0) is 6.54 Å². The number of carbonyl (C=O) groups excluding carboxylic acids is 1. The average molecular weight is 278 g/mol. The van der Waals surface area contributed by atoms with Crippen LogP contribution in [0.2, 0.25) is 0 Å². The predicted octanol–water partition coefficient (Wildman–Crippen LogP) is 1.90. The minimum absolute atomic E-state index is 0.0156. The third-order valence-corrected chi connectivity index (χ3v) is 4.03. The molecule has 1 aromatic rings. The summed E-state index contributed by atoms with van der Waals surface area (Å²) in [6.07, 6.45) is 5.19. The molecule has 1 fully saturated rings. The summed E-state index contributed by atoms with van der Waals surface area (Å²) < 4.78 is 1.78. The first-order valence-corrected chi connectivity index (χ1v) is 7.59. The van der Waals surface area contributed by atoms with E-state index in [-0.39, 0.29) is 11.4 Å². The molecule has 5 nitrogen and oxygen atoms in total. The average Bonchev–Trinajstić information content (AvgIpc) is 3.07. The number of aromatic nitrogens is 2. The first-order valence-electron chi connectivity index (χ1n) is 7.59. The van der Waals surface area contributed by atoms with E-state index in [9.17, 15) is 4.79 Å². The van der Waals surface area contributed by atoms with E-state index in [1.54, 1.807) is 16.9 Å². The van der Waals surface area contributed by atoms with Gasteiger partial charge in [-0.15, -0.1) is 0 Å². The first kappa shape index (κ1) is 15.0. The van der Waals surface area contributed by atoms with E-state index in [0.717, 1.165) is 26.1 Å². The number of hydrogen-bond donors (Lipinski definition) is 1. The molecule has 2 rings (SSSR count). The second kappa shape index (κ2) is 6.39. The summed E-state index contributed by atoms with van der Waals surface area (Å²) in [5, 5.41) is 7.25. The van der Waals surface area contributed by atoms with Crippen molar-refractivity contribution < 1.29 is 4.79 Å². The zero-order chi connectivity index (χ0) is 14.6. The van der Waals surface area contributed by atoms with Crippen LogP contribution in [0.4, 0.5) is 0 Å². The highest BCUT2D eigenvalue weighted by atomic mass is 16.2. The fourth-order valence-corrected chi connectivity index (χ4v) is 2.74. The van der Waals surface area contributed by atoms with Crippen molar-refractivity contribution in [2.24, 2.45) is 0 Å². The Bertz CT molecular complexity index is 446. The van der Waals surface area contributed by atoms with Crippen LogP contribution in [0.15, 0.2) is 12.3 Å². The van der Waals surface area contributed by atoms with Crippen LogP contribution in [0.1, 0.15) is 50.5 Å². The SMILES string of the molecule is CCCn1nccc1C(=O)NCC(C)(C)N1CCCC1. The Kier molecular flexibility index (Phi) is 4.81. The molecule has 0 unspecified atom stereocenters. The molecular weight excluding hydrogens is 252 g/mol. The molecular formula is C15H26N4O. The van der Waals surface area contributed by atoms with Crippen LogP contribution in [0, 0.1) is 0 Å². The summed E-state index contributed by atoms with van der Waals surface area (Å²) in [6, 6.07) is 1.79. The highest BCUT2D eigenvalue weighted by Crippen LogP contribution is 2.20. The minimum Gasteiger partial charge on any atom is -0.349 e. The van der Waals surface area contributed by atoms with Crippen molar-refractivity contribution in [3.05, 3.63) is 18.0 Å². The number of nitrogens with one attached hydrogen (secondary N) is 1. The van der Waals surface area contributed by atoms with Gasteiger partial charge in [0.25, 0.3) is 5.91 Å². The van der Waals surface area contributed by atoms with Crippen LogP contribution in [-0.4, -0.2) is 45.8 Å². The predicted molar refractivity (Wildman–Crippen MR) is 79.7 cm³/mol. The first-order chi connectivity index (χ1) is 9.54. The topological polar surface area (TPSA) is 50.2 Å². The highest BCUT2D eigenvalue weighted by Gasteiger charge is 2.29. The number of aryl methyl sites for hydroxylation is 1. The number of carbonyl (C=O) groups is 1. The van der Waals surface area contributed by atoms with Crippen molar-refractivity contribution in [3.63, 3.8) is 0 Å². The van der Waals surface area contributed by atoms with Gasteiger partial charge in [-0.25, -0.2) is 0 Å². The second-order valence-corrected chi connectivity index (χ2v) is 6.13. The zero-order valence-corrected chi connectivity index (χ0v) is 12.9. The molecule has 1 amide bonds. The molecule has 0 aromatic carbocycles. The molecule has 1 aliphatic rings. The van der Waals surface area contributed by atoms with Crippen molar-refractivity contribution in [1.29, 1.82) is 0 Å². The van der Waals surface area contributed by atoms with Crippen molar-refractivity contribution in [1.82, 2.24) is 20.0 Å². The fraction of sp³-hybridized carbons (Fsp3) is 0.733. The number of nitrogens with zero attached hydrogens (tertiary/aromatic N) is 3. The van der Waals surface area contributed by atoms with Crippen molar-refractivity contribution in [3.8, 4) is 0 Å². The molecule has 1 saturated heterocycles. The van der Waals surface area contributed by atoms with Gasteiger partial charge >= 0.3 is 0 Å². The van der Waals surface area contributed by atoms with Crippen LogP contribution in [0.5, 0.6) is 0 Å². The van der Waals surface area contributed by atoms with Crippen LogP contribution >= 0.6 is 0 Å². The van der Waals surface area contributed by atoms with E-state index in [1.807, 2.05) is 0 Å². The van der Waals surface area contributed by atoms with Gasteiger partial charge in [-0.05, 0) is 52.3 Å². The molecule has 5 heteroatoms. The van der Waals surface area contributed by atoms with E-state index >= 15 is 0 Å². The minimum atomic E-state index is -0.0248. The quantitative estimate of drug-likeness (QED) is 0.864. The van der Waals surface area contributed by atoms with Crippen molar-refractivity contribution in [2.75, 3.05) is 19.6 Å². The fourth-order valence-electron chi connectivity index (χ4n) is 2.74. The van der Waals surface area contributed by atoms with Gasteiger partial charge in [0.2, 0.25) is 0 Å². The van der Waals surface area contributed by atoms with Gasteiger partial charge in [0.05, 0.1) is 0 Å². The number of hydrogen-bond acceptors (Lipinski definition) is 3. The standard InChI is InChI=1S/C15H26N4O/c1-4-9-19-13(7-8-17-19)14(20)16-12-15(2,3)18-10-5-6-11-18/h7-8H,4-6,9-12H2,1-3H3,(H,16,20). The van der Waals surface area contributed by atoms with Gasteiger partial charge in [0, 0.05) is 24.8 Å². The molecule has 2 heterocycles.